The molecule has 0 aliphatic rings. The maximum atomic E-state index is 12.9. The number of aromatic nitrogens is 3. The average molecular weight is 366 g/mol. The van der Waals surface area contributed by atoms with Gasteiger partial charge in [0, 0.05) is 25.4 Å². The molecule has 0 aliphatic carbocycles. The minimum Gasteiger partial charge on any atom is -0.368 e. The fourth-order valence-electron chi connectivity index (χ4n) is 2.33. The number of anilines is 3. The Hall–Kier alpha value is -3.55. The molecule has 0 spiro atoms. The highest BCUT2D eigenvalue weighted by atomic mass is 19.1. The topological polar surface area (TPSA) is 91.8 Å². The number of benzene rings is 1. The van der Waals surface area contributed by atoms with Crippen LogP contribution in [0.25, 0.3) is 0 Å². The van der Waals surface area contributed by atoms with E-state index in [0.717, 1.165) is 5.56 Å². The van der Waals surface area contributed by atoms with Crippen LogP contribution < -0.4 is 16.0 Å². The number of rotatable bonds is 8. The minimum absolute atomic E-state index is 0.122. The third-order valence-corrected chi connectivity index (χ3v) is 3.62. The fraction of sp³-hybridized carbons (Fsp3) is 0.158. The van der Waals surface area contributed by atoms with Crippen LogP contribution in [0.4, 0.5) is 21.8 Å². The Kier molecular flexibility index (Phi) is 6.24. The summed E-state index contributed by atoms with van der Waals surface area (Å²) in [6, 6.07) is 13.2. The molecule has 0 bridgehead atoms. The van der Waals surface area contributed by atoms with Crippen LogP contribution in [0.3, 0.4) is 0 Å². The van der Waals surface area contributed by atoms with Crippen molar-refractivity contribution in [1.29, 1.82) is 0 Å². The molecule has 0 fully saturated rings. The first kappa shape index (κ1) is 18.2. The third kappa shape index (κ3) is 6.03. The highest BCUT2D eigenvalue weighted by Gasteiger charge is 2.04. The zero-order valence-electron chi connectivity index (χ0n) is 14.5. The lowest BCUT2D eigenvalue weighted by molar-refractivity contribution is -0.120. The highest BCUT2D eigenvalue weighted by molar-refractivity contribution is 5.78. The monoisotopic (exact) mass is 366 g/mol. The summed E-state index contributed by atoms with van der Waals surface area (Å²) in [4.78, 5) is 24.4. The Morgan fingerprint density at radius 1 is 0.926 bits per heavy atom. The summed E-state index contributed by atoms with van der Waals surface area (Å²) in [5.74, 6) is 1.51. The quantitative estimate of drug-likeness (QED) is 0.531. The Balaban J connectivity index is 1.41. The molecule has 0 unspecified atom stereocenters. The van der Waals surface area contributed by atoms with Crippen molar-refractivity contribution in [3.05, 3.63) is 72.4 Å². The first-order valence-corrected chi connectivity index (χ1v) is 8.44. The lowest BCUT2D eigenvalue weighted by Crippen LogP contribution is -2.30. The summed E-state index contributed by atoms with van der Waals surface area (Å²) < 4.78 is 12.9. The Labute approximate surface area is 156 Å². The van der Waals surface area contributed by atoms with E-state index in [1.165, 1.54) is 18.5 Å². The van der Waals surface area contributed by atoms with E-state index in [4.69, 9.17) is 0 Å². The van der Waals surface area contributed by atoms with Crippen molar-refractivity contribution in [2.75, 3.05) is 23.7 Å². The van der Waals surface area contributed by atoms with Gasteiger partial charge in [0.15, 0.2) is 0 Å². The number of pyridine rings is 1. The summed E-state index contributed by atoms with van der Waals surface area (Å²) in [7, 11) is 0. The van der Waals surface area contributed by atoms with Crippen molar-refractivity contribution in [1.82, 2.24) is 20.3 Å². The van der Waals surface area contributed by atoms with E-state index >= 15 is 0 Å². The Morgan fingerprint density at radius 3 is 2.52 bits per heavy atom. The van der Waals surface area contributed by atoms with E-state index < -0.39 is 0 Å². The summed E-state index contributed by atoms with van der Waals surface area (Å²) >= 11 is 0. The van der Waals surface area contributed by atoms with Gasteiger partial charge in [-0.3, -0.25) is 4.79 Å². The molecule has 2 heterocycles. The zero-order chi connectivity index (χ0) is 18.9. The molecule has 138 valence electrons. The van der Waals surface area contributed by atoms with E-state index in [2.05, 4.69) is 30.9 Å². The van der Waals surface area contributed by atoms with Crippen LogP contribution in [0.15, 0.2) is 61.1 Å². The zero-order valence-corrected chi connectivity index (χ0v) is 14.5. The van der Waals surface area contributed by atoms with Crippen LogP contribution in [-0.4, -0.2) is 33.9 Å². The van der Waals surface area contributed by atoms with Gasteiger partial charge in [0.1, 0.15) is 29.6 Å². The van der Waals surface area contributed by atoms with Gasteiger partial charge in [-0.15, -0.1) is 0 Å². The number of halogens is 1. The molecule has 2 aromatic heterocycles. The number of carbonyl (C=O) groups is 1. The Bertz CT molecular complexity index is 873. The highest BCUT2D eigenvalue weighted by Crippen LogP contribution is 2.13. The maximum absolute atomic E-state index is 12.9. The van der Waals surface area contributed by atoms with E-state index in [-0.39, 0.29) is 18.1 Å². The summed E-state index contributed by atoms with van der Waals surface area (Å²) in [5.41, 5.74) is 0.767. The van der Waals surface area contributed by atoms with Crippen molar-refractivity contribution in [3.63, 3.8) is 0 Å². The molecule has 0 atom stereocenters. The maximum Gasteiger partial charge on any atom is 0.224 e. The van der Waals surface area contributed by atoms with Gasteiger partial charge in [-0.05, 0) is 29.8 Å². The summed E-state index contributed by atoms with van der Waals surface area (Å²) in [6.07, 6.45) is 3.35. The summed E-state index contributed by atoms with van der Waals surface area (Å²) in [5, 5.41) is 9.01. The second-order valence-electron chi connectivity index (χ2n) is 5.71. The van der Waals surface area contributed by atoms with Gasteiger partial charge in [0.2, 0.25) is 5.91 Å². The lowest BCUT2D eigenvalue weighted by Gasteiger charge is -2.09. The van der Waals surface area contributed by atoms with Crippen molar-refractivity contribution < 1.29 is 9.18 Å². The number of hydrogen-bond donors (Lipinski definition) is 3. The van der Waals surface area contributed by atoms with E-state index in [9.17, 15) is 9.18 Å². The van der Waals surface area contributed by atoms with Crippen LogP contribution in [0.1, 0.15) is 5.56 Å². The summed E-state index contributed by atoms with van der Waals surface area (Å²) in [6.45, 7) is 0.947. The third-order valence-electron chi connectivity index (χ3n) is 3.62. The first-order chi connectivity index (χ1) is 13.2. The molecule has 0 aliphatic heterocycles. The normalized spacial score (nSPS) is 10.3. The Morgan fingerprint density at radius 2 is 1.74 bits per heavy atom. The lowest BCUT2D eigenvalue weighted by atomic mass is 10.1. The number of nitrogens with one attached hydrogen (secondary N) is 3. The standard InChI is InChI=1S/C19H19FN6O/c20-15-6-4-14(5-7-15)11-19(27)23-10-9-22-17-12-18(25-13-24-17)26-16-3-1-2-8-21-16/h1-8,12-13H,9-11H2,(H,23,27)(H2,21,22,24,25,26). The molecular formula is C19H19FN6O. The van der Waals surface area contributed by atoms with Gasteiger partial charge in [0.05, 0.1) is 6.42 Å². The molecule has 3 N–H and O–H groups in total. The van der Waals surface area contributed by atoms with Crippen LogP contribution >= 0.6 is 0 Å². The molecule has 8 heteroatoms. The molecule has 1 amide bonds. The number of carbonyl (C=O) groups excluding carboxylic acids is 1. The predicted molar refractivity (Wildman–Crippen MR) is 101 cm³/mol. The fourth-order valence-corrected chi connectivity index (χ4v) is 2.33. The number of amides is 1. The van der Waals surface area contributed by atoms with Crippen LogP contribution in [0.5, 0.6) is 0 Å². The number of nitrogens with zero attached hydrogens (tertiary/aromatic N) is 3. The predicted octanol–water partition coefficient (Wildman–Crippen LogP) is 2.53. The minimum atomic E-state index is -0.315. The molecular weight excluding hydrogens is 347 g/mol. The van der Waals surface area contributed by atoms with Gasteiger partial charge in [-0.2, -0.15) is 0 Å². The van der Waals surface area contributed by atoms with Crippen LogP contribution in [0.2, 0.25) is 0 Å². The van der Waals surface area contributed by atoms with Crippen LogP contribution in [-0.2, 0) is 11.2 Å². The van der Waals surface area contributed by atoms with Gasteiger partial charge in [0.25, 0.3) is 0 Å². The largest absolute Gasteiger partial charge is 0.368 e. The second-order valence-corrected chi connectivity index (χ2v) is 5.71. The van der Waals surface area contributed by atoms with Gasteiger partial charge in [-0.1, -0.05) is 18.2 Å². The average Bonchev–Trinajstić information content (AvgIpc) is 2.68. The van der Waals surface area contributed by atoms with Gasteiger partial charge in [-0.25, -0.2) is 19.3 Å². The van der Waals surface area contributed by atoms with Gasteiger partial charge >= 0.3 is 0 Å². The van der Waals surface area contributed by atoms with E-state index in [1.54, 1.807) is 24.4 Å². The van der Waals surface area contributed by atoms with E-state index in [1.807, 2.05) is 18.2 Å². The SMILES string of the molecule is O=C(Cc1ccc(F)cc1)NCCNc1cc(Nc2ccccn2)ncn1. The first-order valence-electron chi connectivity index (χ1n) is 8.44. The van der Waals surface area contributed by atoms with Crippen LogP contribution in [0, 0.1) is 5.82 Å². The molecule has 0 saturated heterocycles. The molecule has 3 rings (SSSR count). The smallest absolute Gasteiger partial charge is 0.224 e. The van der Waals surface area contributed by atoms with Crippen molar-refractivity contribution in [2.24, 2.45) is 0 Å². The number of hydrogen-bond acceptors (Lipinski definition) is 6. The molecule has 1 aromatic carbocycles. The van der Waals surface area contributed by atoms with Crippen molar-refractivity contribution >= 4 is 23.4 Å². The molecule has 7 nitrogen and oxygen atoms in total. The molecule has 0 saturated carbocycles. The molecule has 27 heavy (non-hydrogen) atoms. The molecule has 0 radical (unpaired) electrons. The molecule has 3 aromatic rings. The van der Waals surface area contributed by atoms with Gasteiger partial charge < -0.3 is 16.0 Å². The van der Waals surface area contributed by atoms with E-state index in [0.29, 0.717) is 30.5 Å². The van der Waals surface area contributed by atoms with Crippen molar-refractivity contribution in [3.8, 4) is 0 Å². The second kappa shape index (κ2) is 9.23. The van der Waals surface area contributed by atoms with Crippen molar-refractivity contribution in [2.45, 2.75) is 6.42 Å².